The number of carbonyl (C=O) groups is 1. The molecule has 3 rings (SSSR count). The summed E-state index contributed by atoms with van der Waals surface area (Å²) in [6, 6.07) is 13.8. The van der Waals surface area contributed by atoms with Crippen LogP contribution in [-0.2, 0) is 11.2 Å². The molecule has 0 unspecified atom stereocenters. The van der Waals surface area contributed by atoms with Gasteiger partial charge < -0.3 is 5.32 Å². The van der Waals surface area contributed by atoms with Gasteiger partial charge in [-0.1, -0.05) is 48.2 Å². The number of thiophene rings is 1. The molecule has 0 aliphatic heterocycles. The molecular weight excluding hydrogens is 328 g/mol. The number of H-pyrrole nitrogens is 1. The lowest BCUT2D eigenvalue weighted by Gasteiger charge is -2.02. The molecule has 23 heavy (non-hydrogen) atoms. The zero-order valence-corrected chi connectivity index (χ0v) is 14.0. The van der Waals surface area contributed by atoms with Crippen LogP contribution in [0.3, 0.4) is 0 Å². The Morgan fingerprint density at radius 1 is 1.22 bits per heavy atom. The van der Waals surface area contributed by atoms with Crippen LogP contribution in [-0.4, -0.2) is 33.4 Å². The van der Waals surface area contributed by atoms with E-state index in [-0.39, 0.29) is 5.91 Å². The SMILES string of the molecule is O=C(Cc1cccs1)NCCSc1n[nH]c(-c2ccccc2)n1. The highest BCUT2D eigenvalue weighted by atomic mass is 32.2. The number of hydrogen-bond acceptors (Lipinski definition) is 5. The van der Waals surface area contributed by atoms with Crippen molar-refractivity contribution < 1.29 is 4.79 Å². The van der Waals surface area contributed by atoms with E-state index in [1.54, 1.807) is 11.3 Å². The predicted molar refractivity (Wildman–Crippen MR) is 93.6 cm³/mol. The molecular formula is C16H16N4OS2. The van der Waals surface area contributed by atoms with Crippen molar-refractivity contribution in [2.75, 3.05) is 12.3 Å². The van der Waals surface area contributed by atoms with Crippen molar-refractivity contribution in [3.05, 3.63) is 52.7 Å². The number of benzene rings is 1. The maximum absolute atomic E-state index is 11.8. The number of thioether (sulfide) groups is 1. The first kappa shape index (κ1) is 15.8. The highest BCUT2D eigenvalue weighted by molar-refractivity contribution is 7.99. The first-order valence-electron chi connectivity index (χ1n) is 7.21. The zero-order valence-electron chi connectivity index (χ0n) is 12.4. The molecule has 0 radical (unpaired) electrons. The fourth-order valence-corrected chi connectivity index (χ4v) is 3.36. The quantitative estimate of drug-likeness (QED) is 0.511. The molecule has 1 amide bonds. The van der Waals surface area contributed by atoms with Crippen LogP contribution in [0.1, 0.15) is 4.88 Å². The number of rotatable bonds is 7. The van der Waals surface area contributed by atoms with Gasteiger partial charge in [0.15, 0.2) is 5.82 Å². The lowest BCUT2D eigenvalue weighted by molar-refractivity contribution is -0.120. The Hall–Kier alpha value is -2.12. The fourth-order valence-electron chi connectivity index (χ4n) is 2.00. The summed E-state index contributed by atoms with van der Waals surface area (Å²) in [7, 11) is 0. The van der Waals surface area contributed by atoms with E-state index in [4.69, 9.17) is 0 Å². The number of aromatic nitrogens is 3. The molecule has 2 heterocycles. The number of nitrogens with zero attached hydrogens (tertiary/aromatic N) is 2. The van der Waals surface area contributed by atoms with Gasteiger partial charge in [-0.2, -0.15) is 0 Å². The van der Waals surface area contributed by atoms with Gasteiger partial charge in [-0.25, -0.2) is 4.98 Å². The summed E-state index contributed by atoms with van der Waals surface area (Å²) in [6.45, 7) is 0.601. The van der Waals surface area contributed by atoms with Gasteiger partial charge in [0.1, 0.15) is 0 Å². The third-order valence-corrected chi connectivity index (χ3v) is 4.81. The van der Waals surface area contributed by atoms with E-state index >= 15 is 0 Å². The second-order valence-corrected chi connectivity index (χ2v) is 6.88. The Morgan fingerprint density at radius 2 is 2.09 bits per heavy atom. The molecule has 0 bridgehead atoms. The topological polar surface area (TPSA) is 70.7 Å². The molecule has 0 aliphatic carbocycles. The largest absolute Gasteiger partial charge is 0.355 e. The van der Waals surface area contributed by atoms with E-state index in [2.05, 4.69) is 20.5 Å². The molecule has 0 saturated heterocycles. The summed E-state index contributed by atoms with van der Waals surface area (Å²) in [5.41, 5.74) is 1.01. The lowest BCUT2D eigenvalue weighted by Crippen LogP contribution is -2.27. The van der Waals surface area contributed by atoms with E-state index in [1.807, 2.05) is 47.8 Å². The van der Waals surface area contributed by atoms with E-state index in [9.17, 15) is 4.79 Å². The van der Waals surface area contributed by atoms with Gasteiger partial charge in [0, 0.05) is 22.7 Å². The first-order valence-corrected chi connectivity index (χ1v) is 9.07. The molecule has 0 saturated carbocycles. The van der Waals surface area contributed by atoms with Crippen molar-refractivity contribution in [2.24, 2.45) is 0 Å². The Morgan fingerprint density at radius 3 is 2.87 bits per heavy atom. The average Bonchev–Trinajstić information content (AvgIpc) is 3.24. The van der Waals surface area contributed by atoms with Crippen molar-refractivity contribution in [3.63, 3.8) is 0 Å². The minimum atomic E-state index is 0.0491. The van der Waals surface area contributed by atoms with Gasteiger partial charge in [-0.15, -0.1) is 16.4 Å². The Bertz CT molecular complexity index is 741. The molecule has 7 heteroatoms. The number of hydrogen-bond donors (Lipinski definition) is 2. The van der Waals surface area contributed by atoms with Gasteiger partial charge in [0.25, 0.3) is 0 Å². The molecule has 0 spiro atoms. The van der Waals surface area contributed by atoms with Crippen molar-refractivity contribution in [2.45, 2.75) is 11.6 Å². The van der Waals surface area contributed by atoms with Crippen LogP contribution in [0.2, 0.25) is 0 Å². The van der Waals surface area contributed by atoms with E-state index in [1.165, 1.54) is 11.8 Å². The third-order valence-electron chi connectivity index (χ3n) is 3.08. The van der Waals surface area contributed by atoms with Crippen molar-refractivity contribution in [1.82, 2.24) is 20.5 Å². The minimum Gasteiger partial charge on any atom is -0.355 e. The van der Waals surface area contributed by atoms with Crippen molar-refractivity contribution in [1.29, 1.82) is 0 Å². The number of carbonyl (C=O) groups excluding carboxylic acids is 1. The summed E-state index contributed by atoms with van der Waals surface area (Å²) in [6.07, 6.45) is 0.446. The van der Waals surface area contributed by atoms with Gasteiger partial charge in [0.2, 0.25) is 11.1 Å². The maximum atomic E-state index is 11.8. The molecule has 0 atom stereocenters. The average molecular weight is 344 g/mol. The molecule has 5 nitrogen and oxygen atoms in total. The van der Waals surface area contributed by atoms with Crippen molar-refractivity contribution in [3.8, 4) is 11.4 Å². The van der Waals surface area contributed by atoms with Crippen LogP contribution in [0.4, 0.5) is 0 Å². The minimum absolute atomic E-state index is 0.0491. The Kier molecular flexibility index (Phi) is 5.44. The Balaban J connectivity index is 1.41. The number of nitrogens with one attached hydrogen (secondary N) is 2. The van der Waals surface area contributed by atoms with E-state index < -0.39 is 0 Å². The summed E-state index contributed by atoms with van der Waals surface area (Å²) in [5, 5.41) is 12.7. The van der Waals surface area contributed by atoms with Crippen molar-refractivity contribution >= 4 is 29.0 Å². The van der Waals surface area contributed by atoms with Crippen LogP contribution in [0, 0.1) is 0 Å². The lowest BCUT2D eigenvalue weighted by atomic mass is 10.2. The van der Waals surface area contributed by atoms with Crippen LogP contribution in [0.25, 0.3) is 11.4 Å². The first-order chi connectivity index (χ1) is 11.3. The normalized spacial score (nSPS) is 10.6. The van der Waals surface area contributed by atoms with Crippen LogP contribution in [0.15, 0.2) is 53.0 Å². The number of amides is 1. The Labute approximate surface area is 142 Å². The summed E-state index contributed by atoms with van der Waals surface area (Å²) in [4.78, 5) is 17.3. The second kappa shape index (κ2) is 7.94. The van der Waals surface area contributed by atoms with Crippen LogP contribution in [0.5, 0.6) is 0 Å². The van der Waals surface area contributed by atoms with Gasteiger partial charge in [0.05, 0.1) is 6.42 Å². The molecule has 2 aromatic heterocycles. The van der Waals surface area contributed by atoms with Gasteiger partial charge in [-0.3, -0.25) is 9.89 Å². The smallest absolute Gasteiger partial charge is 0.225 e. The van der Waals surface area contributed by atoms with Gasteiger partial charge >= 0.3 is 0 Å². The van der Waals surface area contributed by atoms with Gasteiger partial charge in [-0.05, 0) is 11.4 Å². The monoisotopic (exact) mass is 344 g/mol. The summed E-state index contributed by atoms with van der Waals surface area (Å²) < 4.78 is 0. The fraction of sp³-hybridized carbons (Fsp3) is 0.188. The molecule has 1 aromatic carbocycles. The molecule has 3 aromatic rings. The second-order valence-electron chi connectivity index (χ2n) is 4.79. The standard InChI is InChI=1S/C16H16N4OS2/c21-14(11-13-7-4-9-22-13)17-8-10-23-16-18-15(19-20-16)12-5-2-1-3-6-12/h1-7,9H,8,10-11H2,(H,17,21)(H,18,19,20). The highest BCUT2D eigenvalue weighted by Gasteiger charge is 2.07. The highest BCUT2D eigenvalue weighted by Crippen LogP contribution is 2.18. The van der Waals surface area contributed by atoms with E-state index in [0.717, 1.165) is 22.0 Å². The third kappa shape index (κ3) is 4.67. The molecule has 2 N–H and O–H groups in total. The zero-order chi connectivity index (χ0) is 15.9. The summed E-state index contributed by atoms with van der Waals surface area (Å²) >= 11 is 3.12. The molecule has 0 aliphatic rings. The molecule has 118 valence electrons. The van der Waals surface area contributed by atoms with E-state index in [0.29, 0.717) is 18.1 Å². The maximum Gasteiger partial charge on any atom is 0.225 e. The van der Waals surface area contributed by atoms with Crippen LogP contribution >= 0.6 is 23.1 Å². The molecule has 0 fully saturated rings. The predicted octanol–water partition coefficient (Wildman–Crippen LogP) is 2.98. The number of aromatic amines is 1. The van der Waals surface area contributed by atoms with Crippen LogP contribution < -0.4 is 5.32 Å². The summed E-state index contributed by atoms with van der Waals surface area (Å²) in [5.74, 6) is 1.55.